The molecule has 2 aliphatic heterocycles. The van der Waals surface area contributed by atoms with Gasteiger partial charge < -0.3 is 25.2 Å². The topological polar surface area (TPSA) is 75.9 Å². The Balaban J connectivity index is 1.39. The van der Waals surface area contributed by atoms with E-state index in [1.54, 1.807) is 18.2 Å². The summed E-state index contributed by atoms with van der Waals surface area (Å²) in [4.78, 5) is 8.46. The molecule has 0 radical (unpaired) electrons. The van der Waals surface area contributed by atoms with Crippen molar-refractivity contribution in [1.29, 1.82) is 5.26 Å². The van der Waals surface area contributed by atoms with E-state index < -0.39 is 11.6 Å². The molecular formula is C28H29F3N6O. The van der Waals surface area contributed by atoms with E-state index in [1.807, 2.05) is 24.9 Å². The molecule has 2 N–H and O–H groups in total. The summed E-state index contributed by atoms with van der Waals surface area (Å²) in [6, 6.07) is 7.78. The van der Waals surface area contributed by atoms with Crippen molar-refractivity contribution in [2.24, 2.45) is 4.99 Å². The first kappa shape index (κ1) is 25.7. The first-order valence-corrected chi connectivity index (χ1v) is 12.6. The third-order valence-electron chi connectivity index (χ3n) is 7.03. The second kappa shape index (κ2) is 10.8. The number of halogens is 3. The number of hydrogen-bond donors (Lipinski definition) is 2. The highest BCUT2D eigenvalue weighted by Crippen LogP contribution is 2.34. The van der Waals surface area contributed by atoms with Gasteiger partial charge in [0, 0.05) is 43.5 Å². The number of amidine groups is 1. The summed E-state index contributed by atoms with van der Waals surface area (Å²) in [5.74, 6) is -1.88. The van der Waals surface area contributed by atoms with Gasteiger partial charge in [-0.1, -0.05) is 11.6 Å². The molecule has 198 valence electrons. The lowest BCUT2D eigenvalue weighted by molar-refractivity contribution is 0.311. The van der Waals surface area contributed by atoms with Gasteiger partial charge >= 0.3 is 0 Å². The molecule has 7 nitrogen and oxygen atoms in total. The smallest absolute Gasteiger partial charge is 0.216 e. The van der Waals surface area contributed by atoms with Gasteiger partial charge in [-0.2, -0.15) is 5.26 Å². The Bertz CT molecular complexity index is 1390. The Morgan fingerprint density at radius 3 is 2.61 bits per heavy atom. The van der Waals surface area contributed by atoms with Gasteiger partial charge in [-0.05, 0) is 57.0 Å². The molecule has 38 heavy (non-hydrogen) atoms. The van der Waals surface area contributed by atoms with Crippen molar-refractivity contribution in [3.05, 3.63) is 69.9 Å². The van der Waals surface area contributed by atoms with Crippen LogP contribution in [0.5, 0.6) is 5.75 Å². The molecular weight excluding hydrogens is 493 g/mol. The molecule has 0 aromatic heterocycles. The maximum atomic E-state index is 15.4. The molecule has 1 aliphatic carbocycles. The Morgan fingerprint density at radius 1 is 1.08 bits per heavy atom. The van der Waals surface area contributed by atoms with Crippen LogP contribution in [0.25, 0.3) is 6.08 Å². The van der Waals surface area contributed by atoms with Crippen LogP contribution < -0.4 is 20.3 Å². The van der Waals surface area contributed by atoms with Gasteiger partial charge in [0.1, 0.15) is 24.4 Å². The number of nitrogens with one attached hydrogen (secondary N) is 2. The number of ether oxygens (including phenoxy) is 1. The molecule has 2 heterocycles. The average molecular weight is 523 g/mol. The molecule has 0 atom stereocenters. The van der Waals surface area contributed by atoms with Gasteiger partial charge in [-0.15, -0.1) is 0 Å². The minimum Gasteiger partial charge on any atom is -0.437 e. The second-order valence-electron chi connectivity index (χ2n) is 9.75. The molecule has 2 aromatic carbocycles. The van der Waals surface area contributed by atoms with Gasteiger partial charge in [0.2, 0.25) is 5.88 Å². The maximum absolute atomic E-state index is 15.4. The zero-order valence-electron chi connectivity index (χ0n) is 21.4. The van der Waals surface area contributed by atoms with Crippen molar-refractivity contribution in [3.8, 4) is 11.8 Å². The van der Waals surface area contributed by atoms with Crippen LogP contribution >= 0.6 is 0 Å². The number of allylic oxidation sites excluding steroid dienone is 1. The van der Waals surface area contributed by atoms with E-state index in [0.29, 0.717) is 23.4 Å². The summed E-state index contributed by atoms with van der Waals surface area (Å²) >= 11 is 0. The van der Waals surface area contributed by atoms with Crippen LogP contribution in [0.15, 0.2) is 46.3 Å². The number of rotatable bonds is 4. The Hall–Kier alpha value is -3.97. The van der Waals surface area contributed by atoms with E-state index in [-0.39, 0.29) is 41.1 Å². The van der Waals surface area contributed by atoms with E-state index in [0.717, 1.165) is 50.7 Å². The molecule has 1 fully saturated rings. The molecule has 1 saturated heterocycles. The molecule has 0 amide bonds. The number of nitrogens with zero attached hydrogens (tertiary/aromatic N) is 4. The summed E-state index contributed by atoms with van der Waals surface area (Å²) in [5.41, 5.74) is 2.33. The maximum Gasteiger partial charge on any atom is 0.216 e. The van der Waals surface area contributed by atoms with Crippen LogP contribution in [0.1, 0.15) is 30.9 Å². The SMILES string of the molecule is CC1=Cc2c(F)c(OC3=C(C#N)C(Nc4ccc(N5CCN(C)CC5)c(F)c4)=NCN3)cc(F)c2CCC1. The number of likely N-dealkylation sites (N-methyl/N-ethyl adjacent to an activating group) is 1. The van der Waals surface area contributed by atoms with Crippen LogP contribution in [0.2, 0.25) is 0 Å². The highest BCUT2D eigenvalue weighted by atomic mass is 19.1. The van der Waals surface area contributed by atoms with Crippen LogP contribution in [0, 0.1) is 28.8 Å². The molecule has 2 aromatic rings. The van der Waals surface area contributed by atoms with Crippen LogP contribution in [-0.2, 0) is 6.42 Å². The van der Waals surface area contributed by atoms with Gasteiger partial charge in [0.05, 0.1) is 5.69 Å². The molecule has 0 bridgehead atoms. The quantitative estimate of drug-likeness (QED) is 0.602. The zero-order valence-corrected chi connectivity index (χ0v) is 21.4. The largest absolute Gasteiger partial charge is 0.437 e. The predicted molar refractivity (Wildman–Crippen MR) is 141 cm³/mol. The normalized spacial score (nSPS) is 18.1. The minimum atomic E-state index is -0.687. The van der Waals surface area contributed by atoms with Gasteiger partial charge in [0.15, 0.2) is 23.0 Å². The van der Waals surface area contributed by atoms with E-state index in [9.17, 15) is 14.0 Å². The van der Waals surface area contributed by atoms with E-state index >= 15 is 4.39 Å². The molecule has 5 rings (SSSR count). The van der Waals surface area contributed by atoms with Crippen molar-refractivity contribution in [1.82, 2.24) is 10.2 Å². The first-order valence-electron chi connectivity index (χ1n) is 12.6. The second-order valence-corrected chi connectivity index (χ2v) is 9.75. The summed E-state index contributed by atoms with van der Waals surface area (Å²) in [7, 11) is 2.04. The summed E-state index contributed by atoms with van der Waals surface area (Å²) in [5, 5.41) is 15.6. The van der Waals surface area contributed by atoms with Gasteiger partial charge in [-0.3, -0.25) is 0 Å². The zero-order chi connectivity index (χ0) is 26.8. The number of aliphatic imine (C=N–C) groups is 1. The average Bonchev–Trinajstić information content (AvgIpc) is 3.10. The summed E-state index contributed by atoms with van der Waals surface area (Å²) < 4.78 is 51.0. The van der Waals surface area contributed by atoms with Gasteiger partial charge in [0.25, 0.3) is 0 Å². The summed E-state index contributed by atoms with van der Waals surface area (Å²) in [6.45, 7) is 5.08. The lowest BCUT2D eigenvalue weighted by Crippen LogP contribution is -2.44. The van der Waals surface area contributed by atoms with E-state index in [1.165, 1.54) is 6.07 Å². The van der Waals surface area contributed by atoms with Crippen molar-refractivity contribution in [3.63, 3.8) is 0 Å². The number of anilines is 2. The number of nitriles is 1. The van der Waals surface area contributed by atoms with Crippen molar-refractivity contribution < 1.29 is 17.9 Å². The van der Waals surface area contributed by atoms with Gasteiger partial charge in [-0.25, -0.2) is 18.2 Å². The summed E-state index contributed by atoms with van der Waals surface area (Å²) in [6.07, 6.45) is 3.58. The number of piperazine rings is 1. The predicted octanol–water partition coefficient (Wildman–Crippen LogP) is 4.78. The Morgan fingerprint density at radius 2 is 1.87 bits per heavy atom. The number of hydrogen-bond acceptors (Lipinski definition) is 7. The standard InChI is InChI=1S/C28H29F3N6O/c1-17-4-3-5-19-20(12-17)26(31)25(14-22(19)29)38-28-21(15-32)27(33-16-34-28)35-18-6-7-24(23(30)13-18)37-10-8-36(2)9-11-37/h6-7,12-14,34H,3-5,8-11,16H2,1-2H3,(H,33,35). The highest BCUT2D eigenvalue weighted by molar-refractivity contribution is 6.11. The fourth-order valence-corrected chi connectivity index (χ4v) is 4.89. The number of benzene rings is 2. The fourth-order valence-electron chi connectivity index (χ4n) is 4.89. The van der Waals surface area contributed by atoms with Crippen molar-refractivity contribution in [2.45, 2.75) is 26.2 Å². The van der Waals surface area contributed by atoms with E-state index in [4.69, 9.17) is 4.74 Å². The van der Waals surface area contributed by atoms with Crippen LogP contribution in [0.4, 0.5) is 24.5 Å². The number of fused-ring (bicyclic) bond motifs is 1. The van der Waals surface area contributed by atoms with Crippen molar-refractivity contribution >= 4 is 23.3 Å². The van der Waals surface area contributed by atoms with E-state index in [2.05, 4.69) is 20.5 Å². The molecule has 0 unspecified atom stereocenters. The minimum absolute atomic E-state index is 0.0265. The first-order chi connectivity index (χ1) is 18.3. The molecule has 3 aliphatic rings. The lowest BCUT2D eigenvalue weighted by atomic mass is 10.0. The molecule has 0 saturated carbocycles. The molecule has 0 spiro atoms. The lowest BCUT2D eigenvalue weighted by Gasteiger charge is -2.34. The Labute approximate surface area is 219 Å². The Kier molecular flexibility index (Phi) is 7.29. The monoisotopic (exact) mass is 522 g/mol. The van der Waals surface area contributed by atoms with Crippen LogP contribution in [-0.4, -0.2) is 50.6 Å². The van der Waals surface area contributed by atoms with Crippen LogP contribution in [0.3, 0.4) is 0 Å². The third-order valence-corrected chi connectivity index (χ3v) is 7.03. The fraction of sp³-hybridized carbons (Fsp3) is 0.357. The third kappa shape index (κ3) is 5.20. The highest BCUT2D eigenvalue weighted by Gasteiger charge is 2.25. The molecule has 10 heteroatoms. The van der Waals surface area contributed by atoms with Crippen molar-refractivity contribution in [2.75, 3.05) is 50.1 Å².